The molecule has 0 heterocycles. The zero-order valence-corrected chi connectivity index (χ0v) is 16.8. The molecule has 1 rings (SSSR count). The maximum Gasteiger partial charge on any atom is 0.318 e. The highest BCUT2D eigenvalue weighted by Crippen LogP contribution is 2.13. The molecule has 1 atom stereocenters. The minimum absolute atomic E-state index is 0.0885. The van der Waals surface area contributed by atoms with Crippen molar-refractivity contribution >= 4 is 17.9 Å². The third kappa shape index (κ3) is 7.68. The van der Waals surface area contributed by atoms with Crippen LogP contribution in [0.2, 0.25) is 0 Å². The van der Waals surface area contributed by atoms with Crippen LogP contribution in [0.5, 0.6) is 0 Å². The van der Waals surface area contributed by atoms with Crippen LogP contribution in [0, 0.1) is 0 Å². The first-order valence-corrected chi connectivity index (χ1v) is 9.32. The Hall–Kier alpha value is -2.57. The Bertz CT molecular complexity index is 617. The first-order valence-electron chi connectivity index (χ1n) is 9.32. The number of rotatable bonds is 9. The lowest BCUT2D eigenvalue weighted by Crippen LogP contribution is -2.57. The summed E-state index contributed by atoms with van der Waals surface area (Å²) < 4.78 is 5.00. The second-order valence-electron chi connectivity index (χ2n) is 6.83. The molecule has 1 aromatic rings. The van der Waals surface area contributed by atoms with Gasteiger partial charge < -0.3 is 20.3 Å². The Morgan fingerprint density at radius 1 is 1.07 bits per heavy atom. The molecule has 7 heteroatoms. The maximum absolute atomic E-state index is 12.9. The molecular weight excluding hydrogens is 346 g/mol. The van der Waals surface area contributed by atoms with E-state index in [9.17, 15) is 14.4 Å². The van der Waals surface area contributed by atoms with Crippen molar-refractivity contribution in [3.63, 3.8) is 0 Å². The monoisotopic (exact) mass is 377 g/mol. The summed E-state index contributed by atoms with van der Waals surface area (Å²) in [4.78, 5) is 38.9. The summed E-state index contributed by atoms with van der Waals surface area (Å²) in [6.07, 6.45) is -0.196. The van der Waals surface area contributed by atoms with E-state index < -0.39 is 12.0 Å². The summed E-state index contributed by atoms with van der Waals surface area (Å²) in [5.41, 5.74) is 0.934. The fourth-order valence-electron chi connectivity index (χ4n) is 2.66. The van der Waals surface area contributed by atoms with Crippen LogP contribution in [-0.2, 0) is 20.9 Å². The van der Waals surface area contributed by atoms with Crippen LogP contribution in [0.25, 0.3) is 0 Å². The second kappa shape index (κ2) is 11.2. The number of carbonyl (C=O) groups is 3. The fourth-order valence-corrected chi connectivity index (χ4v) is 2.66. The molecule has 0 aliphatic carbocycles. The first-order chi connectivity index (χ1) is 12.8. The largest absolute Gasteiger partial charge is 0.466 e. The normalized spacial score (nSPS) is 11.8. The average Bonchev–Trinajstić information content (AvgIpc) is 2.59. The molecule has 0 aliphatic rings. The Morgan fingerprint density at radius 2 is 1.70 bits per heavy atom. The number of nitrogens with zero attached hydrogens (tertiary/aromatic N) is 1. The van der Waals surface area contributed by atoms with Gasteiger partial charge in [0.2, 0.25) is 5.91 Å². The molecule has 1 aromatic carbocycles. The van der Waals surface area contributed by atoms with Crippen LogP contribution in [0.1, 0.15) is 46.6 Å². The average molecular weight is 377 g/mol. The molecule has 0 aromatic heterocycles. The van der Waals surface area contributed by atoms with E-state index in [0.29, 0.717) is 6.54 Å². The van der Waals surface area contributed by atoms with E-state index in [1.165, 1.54) is 4.90 Å². The molecular formula is C20H31N3O4. The summed E-state index contributed by atoms with van der Waals surface area (Å²) in [6, 6.07) is 7.75. The lowest BCUT2D eigenvalue weighted by atomic mass is 10.1. The third-order valence-electron chi connectivity index (χ3n) is 3.82. The van der Waals surface area contributed by atoms with Crippen LogP contribution in [0.3, 0.4) is 0 Å². The minimum Gasteiger partial charge on any atom is -0.466 e. The van der Waals surface area contributed by atoms with Gasteiger partial charge in [0.05, 0.1) is 13.0 Å². The van der Waals surface area contributed by atoms with Gasteiger partial charge in [-0.1, -0.05) is 30.3 Å². The summed E-state index contributed by atoms with van der Waals surface area (Å²) >= 11 is 0. The Kier molecular flexibility index (Phi) is 9.33. The highest BCUT2D eigenvalue weighted by molar-refractivity contribution is 5.90. The Balaban J connectivity index is 2.98. The van der Waals surface area contributed by atoms with Gasteiger partial charge in [-0.15, -0.1) is 0 Å². The molecule has 2 N–H and O–H groups in total. The van der Waals surface area contributed by atoms with Crippen molar-refractivity contribution < 1.29 is 19.1 Å². The van der Waals surface area contributed by atoms with Crippen molar-refractivity contribution in [3.8, 4) is 0 Å². The summed E-state index contributed by atoms with van der Waals surface area (Å²) in [7, 11) is 0. The van der Waals surface area contributed by atoms with Crippen molar-refractivity contribution in [3.05, 3.63) is 35.9 Å². The minimum atomic E-state index is -0.952. The number of amides is 3. The van der Waals surface area contributed by atoms with E-state index in [0.717, 1.165) is 5.56 Å². The second-order valence-corrected chi connectivity index (χ2v) is 6.83. The van der Waals surface area contributed by atoms with Crippen molar-refractivity contribution in [2.24, 2.45) is 0 Å². The number of nitrogens with one attached hydrogen (secondary N) is 2. The topological polar surface area (TPSA) is 87.7 Å². The van der Waals surface area contributed by atoms with Crippen LogP contribution in [0.15, 0.2) is 30.3 Å². The molecule has 0 saturated carbocycles. The lowest BCUT2D eigenvalue weighted by Gasteiger charge is -2.34. The van der Waals surface area contributed by atoms with Gasteiger partial charge >= 0.3 is 12.0 Å². The number of carbonyl (C=O) groups excluding carboxylic acids is 3. The van der Waals surface area contributed by atoms with E-state index in [4.69, 9.17) is 4.74 Å². The number of ether oxygens (including phenoxy) is 1. The van der Waals surface area contributed by atoms with Crippen molar-refractivity contribution in [1.82, 2.24) is 15.5 Å². The number of esters is 1. The zero-order valence-electron chi connectivity index (χ0n) is 16.8. The summed E-state index contributed by atoms with van der Waals surface area (Å²) in [6.45, 7) is 9.53. The quantitative estimate of drug-likeness (QED) is 0.647. The van der Waals surface area contributed by atoms with Gasteiger partial charge in [-0.3, -0.25) is 9.59 Å². The van der Waals surface area contributed by atoms with Crippen molar-refractivity contribution in [2.75, 3.05) is 6.61 Å². The van der Waals surface area contributed by atoms with Crippen LogP contribution in [0.4, 0.5) is 4.79 Å². The van der Waals surface area contributed by atoms with Gasteiger partial charge in [0.15, 0.2) is 0 Å². The van der Waals surface area contributed by atoms with Gasteiger partial charge in [-0.05, 0) is 40.2 Å². The molecule has 1 unspecified atom stereocenters. The number of hydrogen-bond donors (Lipinski definition) is 2. The Morgan fingerprint density at radius 3 is 2.22 bits per heavy atom. The van der Waals surface area contributed by atoms with Crippen molar-refractivity contribution in [2.45, 2.75) is 65.7 Å². The number of urea groups is 1. The smallest absolute Gasteiger partial charge is 0.318 e. The van der Waals surface area contributed by atoms with Crippen LogP contribution < -0.4 is 10.6 Å². The Labute approximate surface area is 161 Å². The third-order valence-corrected chi connectivity index (χ3v) is 3.82. The van der Waals surface area contributed by atoms with E-state index in [-0.39, 0.29) is 37.0 Å². The van der Waals surface area contributed by atoms with Gasteiger partial charge in [0, 0.05) is 18.6 Å². The van der Waals surface area contributed by atoms with E-state index in [2.05, 4.69) is 10.6 Å². The number of benzene rings is 1. The first kappa shape index (κ1) is 22.5. The summed E-state index contributed by atoms with van der Waals surface area (Å²) in [5.74, 6) is -0.903. The van der Waals surface area contributed by atoms with Gasteiger partial charge in [0.25, 0.3) is 0 Å². The van der Waals surface area contributed by atoms with Gasteiger partial charge in [-0.25, -0.2) is 4.79 Å². The molecule has 0 radical (unpaired) electrons. The molecule has 0 bridgehead atoms. The lowest BCUT2D eigenvalue weighted by molar-refractivity contribution is -0.146. The van der Waals surface area contributed by atoms with Gasteiger partial charge in [0.1, 0.15) is 6.04 Å². The van der Waals surface area contributed by atoms with E-state index in [1.807, 2.05) is 58.0 Å². The van der Waals surface area contributed by atoms with Crippen molar-refractivity contribution in [1.29, 1.82) is 0 Å². The number of hydrogen-bond acceptors (Lipinski definition) is 4. The standard InChI is InChI=1S/C20H31N3O4/c1-6-27-18(24)12-17(23(15(4)5)20(26)22-14(2)3)19(25)21-13-16-10-8-7-9-11-16/h7-11,14-15,17H,6,12-13H2,1-5H3,(H,21,25)(H,22,26). The molecule has 3 amide bonds. The molecule has 150 valence electrons. The van der Waals surface area contributed by atoms with E-state index in [1.54, 1.807) is 6.92 Å². The molecule has 0 spiro atoms. The molecule has 27 heavy (non-hydrogen) atoms. The summed E-state index contributed by atoms with van der Waals surface area (Å²) in [5, 5.41) is 5.62. The fraction of sp³-hybridized carbons (Fsp3) is 0.550. The highest BCUT2D eigenvalue weighted by atomic mass is 16.5. The van der Waals surface area contributed by atoms with Crippen LogP contribution in [-0.4, -0.2) is 47.5 Å². The molecule has 0 fully saturated rings. The highest BCUT2D eigenvalue weighted by Gasteiger charge is 2.34. The van der Waals surface area contributed by atoms with Gasteiger partial charge in [-0.2, -0.15) is 0 Å². The van der Waals surface area contributed by atoms with E-state index >= 15 is 0 Å². The molecule has 7 nitrogen and oxygen atoms in total. The van der Waals surface area contributed by atoms with Crippen LogP contribution >= 0.6 is 0 Å². The predicted molar refractivity (Wildman–Crippen MR) is 104 cm³/mol. The predicted octanol–water partition coefficient (Wildman–Crippen LogP) is 2.45. The molecule has 0 aliphatic heterocycles. The molecule has 0 saturated heterocycles. The zero-order chi connectivity index (χ0) is 20.4. The maximum atomic E-state index is 12.9. The SMILES string of the molecule is CCOC(=O)CC(C(=O)NCc1ccccc1)N(C(=O)NC(C)C)C(C)C.